The second-order valence-corrected chi connectivity index (χ2v) is 14.3. The van der Waals surface area contributed by atoms with Crippen LogP contribution in [-0.4, -0.2) is 59.8 Å². The Morgan fingerprint density at radius 1 is 0.426 bits per heavy atom. The molecule has 0 saturated carbocycles. The highest BCUT2D eigenvalue weighted by Gasteiger charge is 2.23. The highest BCUT2D eigenvalue weighted by Crippen LogP contribution is 2.36. The van der Waals surface area contributed by atoms with Crippen LogP contribution in [0.15, 0.2) is 119 Å². The van der Waals surface area contributed by atoms with Crippen LogP contribution in [0.4, 0.5) is 22.7 Å². The van der Waals surface area contributed by atoms with Gasteiger partial charge < -0.3 is 31.5 Å². The van der Waals surface area contributed by atoms with E-state index in [1.54, 1.807) is 0 Å². The van der Waals surface area contributed by atoms with E-state index < -0.39 is 53.7 Å². The second-order valence-electron chi connectivity index (χ2n) is 11.5. The molecule has 0 bridgehead atoms. The molecule has 0 unspecified atom stereocenters. The summed E-state index contributed by atoms with van der Waals surface area (Å²) in [7, 11) is -9.56. The van der Waals surface area contributed by atoms with E-state index in [0.29, 0.717) is 0 Å². The van der Waals surface area contributed by atoms with Crippen LogP contribution in [0.3, 0.4) is 0 Å². The standard InChI is InChI=1S/C36H26N4O12S2/c41-27-5-1-3-25-23(27)15-17-29(53(47,48)49)31(25)39-33(43)19-7-11-21(12-8-19)37-35(45)36(46)38-22-13-9-20(10-14-22)34(44)40-32-26-4-2-6-28(42)24(26)16-18-30(32)54(50,51)52/h1-18,41-42H,(H,37,45)(H,38,46)(H,39,43)(H,40,44)(H,47,48,49)(H,50,51,52). The van der Waals surface area contributed by atoms with Crippen LogP contribution in [0.25, 0.3) is 21.5 Å². The summed E-state index contributed by atoms with van der Waals surface area (Å²) >= 11 is 0. The maximum absolute atomic E-state index is 13.1. The topological polar surface area (TPSA) is 266 Å². The molecule has 0 aliphatic rings. The molecule has 0 fully saturated rings. The summed E-state index contributed by atoms with van der Waals surface area (Å²) in [6.45, 7) is 0. The molecule has 0 radical (unpaired) electrons. The van der Waals surface area contributed by atoms with Gasteiger partial charge in [0.2, 0.25) is 0 Å². The predicted octanol–water partition coefficient (Wildman–Crippen LogP) is 4.98. The molecule has 0 aliphatic carbocycles. The molecule has 8 N–H and O–H groups in total. The van der Waals surface area contributed by atoms with Crippen LogP contribution in [0.5, 0.6) is 11.5 Å². The van der Waals surface area contributed by atoms with Gasteiger partial charge in [-0.2, -0.15) is 16.8 Å². The normalized spacial score (nSPS) is 11.5. The van der Waals surface area contributed by atoms with E-state index in [1.165, 1.54) is 97.1 Å². The van der Waals surface area contributed by atoms with Gasteiger partial charge in [0.1, 0.15) is 21.3 Å². The SMILES string of the molecule is O=C(Nc1ccc(C(=O)Nc2c(S(=O)(=O)O)ccc3c(O)cccc23)cc1)C(=O)Nc1ccc(C(=O)Nc2c(S(=O)(=O)O)ccc3c(O)cccc23)cc1. The summed E-state index contributed by atoms with van der Waals surface area (Å²) in [6, 6.07) is 23.4. The van der Waals surface area contributed by atoms with Crippen molar-refractivity contribution in [3.63, 3.8) is 0 Å². The van der Waals surface area contributed by atoms with Gasteiger partial charge in [0.05, 0.1) is 11.4 Å². The van der Waals surface area contributed by atoms with Gasteiger partial charge >= 0.3 is 11.8 Å². The quantitative estimate of drug-likeness (QED) is 0.0753. The molecule has 6 aromatic rings. The fourth-order valence-corrected chi connectivity index (χ4v) is 6.81. The van der Waals surface area contributed by atoms with Gasteiger partial charge in [-0.1, -0.05) is 24.3 Å². The first-order chi connectivity index (χ1) is 25.5. The number of nitrogens with one attached hydrogen (secondary N) is 4. The number of benzene rings is 6. The third-order valence-electron chi connectivity index (χ3n) is 8.05. The lowest BCUT2D eigenvalue weighted by Crippen LogP contribution is -2.29. The minimum atomic E-state index is -4.78. The molecule has 6 rings (SSSR count). The lowest BCUT2D eigenvalue weighted by molar-refractivity contribution is -0.132. The van der Waals surface area contributed by atoms with Gasteiger partial charge in [0.25, 0.3) is 32.1 Å². The maximum Gasteiger partial charge on any atom is 0.314 e. The zero-order valence-corrected chi connectivity index (χ0v) is 28.9. The van der Waals surface area contributed by atoms with Gasteiger partial charge in [-0.25, -0.2) is 0 Å². The van der Waals surface area contributed by atoms with E-state index in [9.17, 15) is 55.3 Å². The van der Waals surface area contributed by atoms with E-state index in [0.717, 1.165) is 12.1 Å². The van der Waals surface area contributed by atoms with Crippen LogP contribution < -0.4 is 21.3 Å². The Labute approximate surface area is 305 Å². The number of amides is 4. The molecule has 0 atom stereocenters. The second kappa shape index (κ2) is 14.3. The van der Waals surface area contributed by atoms with E-state index in [4.69, 9.17) is 0 Å². The molecule has 0 saturated heterocycles. The van der Waals surface area contributed by atoms with Gasteiger partial charge in [0.15, 0.2) is 0 Å². The number of phenolic OH excluding ortho intramolecular Hbond substituents is 2. The lowest BCUT2D eigenvalue weighted by Gasteiger charge is -2.14. The summed E-state index contributed by atoms with van der Waals surface area (Å²) in [6.07, 6.45) is 0. The Kier molecular flexibility index (Phi) is 9.76. The largest absolute Gasteiger partial charge is 0.507 e. The summed E-state index contributed by atoms with van der Waals surface area (Å²) in [5, 5.41) is 30.7. The molecule has 16 nitrogen and oxygen atoms in total. The summed E-state index contributed by atoms with van der Waals surface area (Å²) < 4.78 is 67.6. The third kappa shape index (κ3) is 7.66. The zero-order chi connectivity index (χ0) is 38.9. The summed E-state index contributed by atoms with van der Waals surface area (Å²) in [5.41, 5.74) is -0.302. The van der Waals surface area contributed by atoms with Crippen LogP contribution >= 0.6 is 0 Å². The van der Waals surface area contributed by atoms with Crippen molar-refractivity contribution in [3.05, 3.63) is 120 Å². The third-order valence-corrected chi connectivity index (χ3v) is 9.84. The number of hydrogen-bond acceptors (Lipinski definition) is 10. The van der Waals surface area contributed by atoms with Crippen molar-refractivity contribution in [2.45, 2.75) is 9.79 Å². The van der Waals surface area contributed by atoms with Crippen molar-refractivity contribution < 1.29 is 55.3 Å². The first-order valence-electron chi connectivity index (χ1n) is 15.4. The van der Waals surface area contributed by atoms with Crippen molar-refractivity contribution >= 4 is 88.2 Å². The fourth-order valence-electron chi connectivity index (χ4n) is 5.49. The smallest absolute Gasteiger partial charge is 0.314 e. The molecular formula is C36H26N4O12S2. The summed E-state index contributed by atoms with van der Waals surface area (Å²) in [5.74, 6) is -4.15. The first-order valence-corrected chi connectivity index (χ1v) is 18.3. The Balaban J connectivity index is 1.10. The Bertz CT molecular complexity index is 2560. The molecule has 6 aromatic carbocycles. The van der Waals surface area contributed by atoms with E-state index in [-0.39, 0.29) is 66.9 Å². The number of rotatable bonds is 8. The van der Waals surface area contributed by atoms with Crippen molar-refractivity contribution in [1.29, 1.82) is 0 Å². The van der Waals surface area contributed by atoms with Crippen molar-refractivity contribution in [2.75, 3.05) is 21.3 Å². The van der Waals surface area contributed by atoms with Crippen LogP contribution in [0.1, 0.15) is 20.7 Å². The monoisotopic (exact) mass is 770 g/mol. The number of anilines is 4. The number of carbonyl (C=O) groups is 4. The summed E-state index contributed by atoms with van der Waals surface area (Å²) in [4.78, 5) is 50.2. The minimum absolute atomic E-state index is 0.00725. The van der Waals surface area contributed by atoms with Crippen LogP contribution in [-0.2, 0) is 29.8 Å². The van der Waals surface area contributed by atoms with E-state index in [1.807, 2.05) is 0 Å². The molecule has 0 heterocycles. The number of hydrogen-bond donors (Lipinski definition) is 8. The maximum atomic E-state index is 13.1. The number of phenols is 2. The van der Waals surface area contributed by atoms with E-state index >= 15 is 0 Å². The molecule has 0 aliphatic heterocycles. The zero-order valence-electron chi connectivity index (χ0n) is 27.3. The van der Waals surface area contributed by atoms with Crippen LogP contribution in [0.2, 0.25) is 0 Å². The highest BCUT2D eigenvalue weighted by atomic mass is 32.2. The molecule has 0 spiro atoms. The molecule has 0 aromatic heterocycles. The highest BCUT2D eigenvalue weighted by molar-refractivity contribution is 7.86. The first kappa shape index (κ1) is 36.9. The van der Waals surface area contributed by atoms with Gasteiger partial charge in [-0.15, -0.1) is 0 Å². The van der Waals surface area contributed by atoms with E-state index in [2.05, 4.69) is 21.3 Å². The van der Waals surface area contributed by atoms with Crippen molar-refractivity contribution in [1.82, 2.24) is 0 Å². The number of fused-ring (bicyclic) bond motifs is 2. The van der Waals surface area contributed by atoms with Crippen molar-refractivity contribution in [3.8, 4) is 11.5 Å². The predicted molar refractivity (Wildman–Crippen MR) is 197 cm³/mol. The molecule has 18 heteroatoms. The fraction of sp³-hybridized carbons (Fsp3) is 0. The number of carbonyl (C=O) groups excluding carboxylic acids is 4. The molecular weight excluding hydrogens is 745 g/mol. The minimum Gasteiger partial charge on any atom is -0.507 e. The van der Waals surface area contributed by atoms with Gasteiger partial charge in [-0.05, 0) is 84.9 Å². The van der Waals surface area contributed by atoms with Crippen LogP contribution in [0, 0.1) is 0 Å². The number of aromatic hydroxyl groups is 2. The average Bonchev–Trinajstić information content (AvgIpc) is 3.12. The Hall–Kier alpha value is -6.86. The molecule has 54 heavy (non-hydrogen) atoms. The van der Waals surface area contributed by atoms with Gasteiger partial charge in [0, 0.05) is 44.0 Å². The average molecular weight is 771 g/mol. The molecule has 274 valence electrons. The Morgan fingerprint density at radius 3 is 1.11 bits per heavy atom. The molecule has 4 amide bonds. The van der Waals surface area contributed by atoms with Crippen molar-refractivity contribution in [2.24, 2.45) is 0 Å². The van der Waals surface area contributed by atoms with Gasteiger partial charge in [-0.3, -0.25) is 28.3 Å². The Morgan fingerprint density at radius 2 is 0.778 bits per heavy atom. The lowest BCUT2D eigenvalue weighted by atomic mass is 10.1.